The van der Waals surface area contributed by atoms with Crippen molar-refractivity contribution in [2.24, 2.45) is 5.92 Å². The molecule has 0 N–H and O–H groups in total. The zero-order chi connectivity index (χ0) is 20.6. The Morgan fingerprint density at radius 3 is 2.04 bits per heavy atom. The number of carbonyl (C=O) groups is 1. The second-order valence-electron chi connectivity index (χ2n) is 10.3. The van der Waals surface area contributed by atoms with Crippen molar-refractivity contribution >= 4 is 24.0 Å². The van der Waals surface area contributed by atoms with Crippen LogP contribution in [-0.4, -0.2) is 29.7 Å². The number of unbranched alkanes of at least 4 members (excludes halogenated alkanes) is 2. The Bertz CT molecular complexity index is 447. The molecule has 2 aliphatic carbocycles. The fourth-order valence-electron chi connectivity index (χ4n) is 5.19. The topological polar surface area (TPSA) is 35.5 Å². The lowest BCUT2D eigenvalue weighted by molar-refractivity contribution is -0.139. The summed E-state index contributed by atoms with van der Waals surface area (Å²) in [6, 6.07) is 2.01. The molecule has 3 nitrogen and oxygen atoms in total. The van der Waals surface area contributed by atoms with E-state index in [-0.39, 0.29) is 17.5 Å². The first kappa shape index (κ1) is 24.1. The van der Waals surface area contributed by atoms with Crippen molar-refractivity contribution in [3.63, 3.8) is 0 Å². The van der Waals surface area contributed by atoms with Crippen molar-refractivity contribution < 1.29 is 13.6 Å². The number of rotatable bonds is 11. The van der Waals surface area contributed by atoms with Crippen molar-refractivity contribution in [2.45, 2.75) is 134 Å². The van der Waals surface area contributed by atoms with Gasteiger partial charge in [0.15, 0.2) is 0 Å². The van der Waals surface area contributed by atoms with E-state index in [4.69, 9.17) is 8.85 Å². The summed E-state index contributed by atoms with van der Waals surface area (Å²) in [4.78, 5) is 13.2. The first-order valence-corrected chi connectivity index (χ1v) is 15.3. The van der Waals surface area contributed by atoms with Crippen LogP contribution in [0.1, 0.15) is 105 Å². The minimum atomic E-state index is -2.06. The molecule has 5 heteroatoms. The minimum Gasteiger partial charge on any atom is -0.518 e. The standard InChI is InChI=1S/C23H44O3Si2/c1-6-7-12-17-28(20-13-8-9-14-20,21-15-10-11-16-21)25-22(24)19(2)18-27-26-23(3,4)5/h19-21H,6-18H2,1-5H3. The maximum Gasteiger partial charge on any atom is 0.295 e. The van der Waals surface area contributed by atoms with Gasteiger partial charge in [0.05, 0.1) is 5.92 Å². The van der Waals surface area contributed by atoms with Gasteiger partial charge in [0.2, 0.25) is 9.76 Å². The third-order valence-corrected chi connectivity index (χ3v) is 13.9. The predicted octanol–water partition coefficient (Wildman–Crippen LogP) is 7.04. The Labute approximate surface area is 177 Å². The first-order chi connectivity index (χ1) is 13.3. The molecule has 2 saturated carbocycles. The molecule has 0 spiro atoms. The zero-order valence-corrected chi connectivity index (χ0v) is 21.1. The molecule has 0 heterocycles. The molecule has 0 aromatic heterocycles. The molecule has 0 aromatic rings. The smallest absolute Gasteiger partial charge is 0.295 e. The van der Waals surface area contributed by atoms with Crippen molar-refractivity contribution in [1.82, 2.24) is 0 Å². The Morgan fingerprint density at radius 1 is 1.04 bits per heavy atom. The van der Waals surface area contributed by atoms with E-state index >= 15 is 0 Å². The van der Waals surface area contributed by atoms with Gasteiger partial charge in [-0.05, 0) is 69.6 Å². The maximum atomic E-state index is 13.2. The van der Waals surface area contributed by atoms with E-state index in [2.05, 4.69) is 34.6 Å². The second kappa shape index (κ2) is 11.3. The van der Waals surface area contributed by atoms with Gasteiger partial charge < -0.3 is 8.85 Å². The van der Waals surface area contributed by atoms with Crippen LogP contribution in [0.4, 0.5) is 0 Å². The lowest BCUT2D eigenvalue weighted by atomic mass is 10.2. The van der Waals surface area contributed by atoms with Crippen LogP contribution in [-0.2, 0) is 13.6 Å². The first-order valence-electron chi connectivity index (χ1n) is 11.9. The average molecular weight is 425 g/mol. The summed E-state index contributed by atoms with van der Waals surface area (Å²) >= 11 is 0. The number of hydrogen-bond acceptors (Lipinski definition) is 3. The Balaban J connectivity index is 2.09. The highest BCUT2D eigenvalue weighted by atomic mass is 28.4. The molecule has 2 fully saturated rings. The largest absolute Gasteiger partial charge is 0.518 e. The monoisotopic (exact) mass is 424 g/mol. The minimum absolute atomic E-state index is 0.0402. The highest BCUT2D eigenvalue weighted by Gasteiger charge is 2.53. The molecule has 162 valence electrons. The molecular formula is C23H44O3Si2. The fraction of sp³-hybridized carbons (Fsp3) is 0.957. The molecule has 2 radical (unpaired) electrons. The van der Waals surface area contributed by atoms with Crippen LogP contribution in [0.15, 0.2) is 0 Å². The third kappa shape index (κ3) is 6.98. The van der Waals surface area contributed by atoms with Crippen LogP contribution in [0, 0.1) is 5.92 Å². The van der Waals surface area contributed by atoms with Gasteiger partial charge in [0, 0.05) is 5.60 Å². The van der Waals surface area contributed by atoms with Gasteiger partial charge in [-0.2, -0.15) is 0 Å². The van der Waals surface area contributed by atoms with Crippen LogP contribution >= 0.6 is 0 Å². The normalized spacial score (nSPS) is 20.6. The summed E-state index contributed by atoms with van der Waals surface area (Å²) in [5.41, 5.74) is 1.31. The molecule has 0 saturated heterocycles. The molecule has 1 unspecified atom stereocenters. The van der Waals surface area contributed by atoms with E-state index in [1.165, 1.54) is 76.7 Å². The fourth-order valence-corrected chi connectivity index (χ4v) is 12.2. The van der Waals surface area contributed by atoms with E-state index in [9.17, 15) is 4.79 Å². The quantitative estimate of drug-likeness (QED) is 0.263. The van der Waals surface area contributed by atoms with Gasteiger partial charge in [0.1, 0.15) is 0 Å². The van der Waals surface area contributed by atoms with Gasteiger partial charge in [-0.3, -0.25) is 4.79 Å². The molecule has 0 aliphatic heterocycles. The summed E-state index contributed by atoms with van der Waals surface area (Å²) in [5.74, 6) is 0.0495. The summed E-state index contributed by atoms with van der Waals surface area (Å²) in [6.07, 6.45) is 14.4. The van der Waals surface area contributed by atoms with Crippen LogP contribution < -0.4 is 0 Å². The van der Waals surface area contributed by atoms with Gasteiger partial charge in [-0.1, -0.05) is 58.8 Å². The molecule has 0 aromatic carbocycles. The molecular weight excluding hydrogens is 380 g/mol. The number of hydrogen-bond donors (Lipinski definition) is 0. The maximum absolute atomic E-state index is 13.2. The Hall–Kier alpha value is -0.136. The number of carbonyl (C=O) groups excluding carboxylic acids is 1. The zero-order valence-electron chi connectivity index (χ0n) is 19.1. The van der Waals surface area contributed by atoms with Crippen molar-refractivity contribution in [1.29, 1.82) is 0 Å². The van der Waals surface area contributed by atoms with E-state index in [0.717, 1.165) is 17.1 Å². The molecule has 1 atom stereocenters. The van der Waals surface area contributed by atoms with E-state index < -0.39 is 8.32 Å². The van der Waals surface area contributed by atoms with Crippen LogP contribution in [0.3, 0.4) is 0 Å². The Morgan fingerprint density at radius 2 is 1.57 bits per heavy atom. The van der Waals surface area contributed by atoms with Crippen LogP contribution in [0.5, 0.6) is 0 Å². The van der Waals surface area contributed by atoms with Gasteiger partial charge >= 0.3 is 0 Å². The molecule has 28 heavy (non-hydrogen) atoms. The van der Waals surface area contributed by atoms with Gasteiger partial charge in [-0.25, -0.2) is 0 Å². The molecule has 0 amide bonds. The molecule has 2 aliphatic rings. The van der Waals surface area contributed by atoms with Gasteiger partial charge in [0.25, 0.3) is 14.3 Å². The third-order valence-electron chi connectivity index (χ3n) is 6.72. The van der Waals surface area contributed by atoms with Crippen molar-refractivity contribution in [2.75, 3.05) is 0 Å². The summed E-state index contributed by atoms with van der Waals surface area (Å²) < 4.78 is 12.6. The highest BCUT2D eigenvalue weighted by molar-refractivity contribution is 6.78. The van der Waals surface area contributed by atoms with Crippen molar-refractivity contribution in [3.05, 3.63) is 0 Å². The van der Waals surface area contributed by atoms with Crippen molar-refractivity contribution in [3.8, 4) is 0 Å². The lowest BCUT2D eigenvalue weighted by Gasteiger charge is -2.41. The summed E-state index contributed by atoms with van der Waals surface area (Å²) in [7, 11) is -1.68. The highest BCUT2D eigenvalue weighted by Crippen LogP contribution is 2.53. The lowest BCUT2D eigenvalue weighted by Crippen LogP contribution is -2.49. The average Bonchev–Trinajstić information content (AvgIpc) is 3.33. The second-order valence-corrected chi connectivity index (χ2v) is 15.4. The molecule has 0 bridgehead atoms. The summed E-state index contributed by atoms with van der Waals surface area (Å²) in [5, 5.41) is 0. The van der Waals surface area contributed by atoms with Crippen LogP contribution in [0.25, 0.3) is 0 Å². The van der Waals surface area contributed by atoms with Crippen LogP contribution in [0.2, 0.25) is 23.2 Å². The van der Waals surface area contributed by atoms with Gasteiger partial charge in [-0.15, -0.1) is 0 Å². The van der Waals surface area contributed by atoms with E-state index in [0.29, 0.717) is 9.76 Å². The SMILES string of the molecule is CCCCC[Si](OC(=O)C(C)C[Si]OC(C)(C)C)(C1CCCC1)C1CCCC1. The molecule has 2 rings (SSSR count). The Kier molecular flexibility index (Phi) is 9.75. The predicted molar refractivity (Wildman–Crippen MR) is 121 cm³/mol. The van der Waals surface area contributed by atoms with E-state index in [1.807, 2.05) is 0 Å². The van der Waals surface area contributed by atoms with E-state index in [1.54, 1.807) is 0 Å². The summed E-state index contributed by atoms with van der Waals surface area (Å²) in [6.45, 7) is 10.6.